The first kappa shape index (κ1) is 20.7. The van der Waals surface area contributed by atoms with Gasteiger partial charge in [-0.05, 0) is 45.5 Å². The van der Waals surface area contributed by atoms with Gasteiger partial charge in [-0.3, -0.25) is 0 Å². The van der Waals surface area contributed by atoms with Gasteiger partial charge in [-0.1, -0.05) is 44.2 Å². The van der Waals surface area contributed by atoms with Gasteiger partial charge in [0.25, 0.3) is 0 Å². The average Bonchev–Trinajstić information content (AvgIpc) is 2.58. The number of hydrogen-bond acceptors (Lipinski definition) is 3. The lowest BCUT2D eigenvalue weighted by atomic mass is 10.1. The summed E-state index contributed by atoms with van der Waals surface area (Å²) in [5.41, 5.74) is 2.77. The Balaban J connectivity index is 0.000000411. The number of nitrogens with zero attached hydrogens (tertiary/aromatic N) is 1. The Labute approximate surface area is 137 Å². The Morgan fingerprint density at radius 2 is 1.59 bits per heavy atom. The van der Waals surface area contributed by atoms with Crippen LogP contribution in [0.3, 0.4) is 0 Å². The third-order valence-corrected chi connectivity index (χ3v) is 3.41. The summed E-state index contributed by atoms with van der Waals surface area (Å²) in [6.45, 7) is 17.0. The number of hydrogen-bond donors (Lipinski definition) is 2. The maximum atomic E-state index is 3.36. The third kappa shape index (κ3) is 9.59. The Hall–Kier alpha value is -1.32. The molecule has 1 aromatic carbocycles. The lowest BCUT2D eigenvalue weighted by Crippen LogP contribution is -2.43. The van der Waals surface area contributed by atoms with Crippen LogP contribution in [0.25, 0.3) is 0 Å². The van der Waals surface area contributed by atoms with E-state index in [0.717, 1.165) is 39.3 Å². The first-order chi connectivity index (χ1) is 10.7. The molecule has 0 amide bonds. The molecular weight excluding hydrogens is 270 g/mol. The minimum Gasteiger partial charge on any atom is -0.369 e. The van der Waals surface area contributed by atoms with E-state index in [4.69, 9.17) is 0 Å². The number of piperazine rings is 1. The zero-order valence-corrected chi connectivity index (χ0v) is 15.2. The van der Waals surface area contributed by atoms with Crippen molar-refractivity contribution >= 4 is 5.69 Å². The summed E-state index contributed by atoms with van der Waals surface area (Å²) in [5.74, 6) is 0. The molecule has 1 heterocycles. The maximum absolute atomic E-state index is 3.36. The fourth-order valence-electron chi connectivity index (χ4n) is 2.07. The summed E-state index contributed by atoms with van der Waals surface area (Å²) in [4.78, 5) is 2.45. The molecule has 1 aromatic rings. The van der Waals surface area contributed by atoms with E-state index < -0.39 is 0 Å². The molecule has 0 unspecified atom stereocenters. The molecule has 126 valence electrons. The smallest absolute Gasteiger partial charge is 0.0396 e. The van der Waals surface area contributed by atoms with E-state index in [2.05, 4.69) is 60.6 Å². The first-order valence-electron chi connectivity index (χ1n) is 8.50. The van der Waals surface area contributed by atoms with Crippen molar-refractivity contribution in [3.05, 3.63) is 42.0 Å². The number of aryl methyl sites for hydroxylation is 1. The highest BCUT2D eigenvalue weighted by molar-refractivity contribution is 5.53. The number of rotatable bonds is 3. The second-order valence-electron chi connectivity index (χ2n) is 5.15. The molecule has 3 heteroatoms. The molecule has 0 bridgehead atoms. The summed E-state index contributed by atoms with van der Waals surface area (Å²) < 4.78 is 0. The summed E-state index contributed by atoms with van der Waals surface area (Å²) >= 11 is 0. The van der Waals surface area contributed by atoms with Crippen LogP contribution in [0.2, 0.25) is 0 Å². The van der Waals surface area contributed by atoms with E-state index in [9.17, 15) is 0 Å². The van der Waals surface area contributed by atoms with E-state index in [-0.39, 0.29) is 0 Å². The predicted molar refractivity (Wildman–Crippen MR) is 101 cm³/mol. The molecule has 0 saturated carbocycles. The van der Waals surface area contributed by atoms with Gasteiger partial charge in [0.1, 0.15) is 0 Å². The predicted octanol–water partition coefficient (Wildman–Crippen LogP) is 3.60. The standard InChI is InChI=1S/C11H16N2.C4H11N.C4H8/c1-10-4-2-3-5-11(10)13-8-6-12-7-9-13;1-3-5-4-2;1-3-4-2/h2-5,12H,6-9H2,1H3;5H,3-4H2,1-2H3;3-4H,1-2H3/b;;4-3-. The van der Waals surface area contributed by atoms with Crippen LogP contribution in [0.4, 0.5) is 5.69 Å². The van der Waals surface area contributed by atoms with Gasteiger partial charge in [-0.25, -0.2) is 0 Å². The van der Waals surface area contributed by atoms with Gasteiger partial charge in [-0.2, -0.15) is 0 Å². The van der Waals surface area contributed by atoms with E-state index in [1.807, 2.05) is 26.0 Å². The highest BCUT2D eigenvalue weighted by atomic mass is 15.2. The number of nitrogens with one attached hydrogen (secondary N) is 2. The van der Waals surface area contributed by atoms with Crippen LogP contribution in [-0.4, -0.2) is 39.3 Å². The maximum Gasteiger partial charge on any atom is 0.0396 e. The van der Waals surface area contributed by atoms with Crippen molar-refractivity contribution in [1.82, 2.24) is 10.6 Å². The van der Waals surface area contributed by atoms with Crippen LogP contribution in [0.15, 0.2) is 36.4 Å². The van der Waals surface area contributed by atoms with Crippen LogP contribution in [0.1, 0.15) is 33.3 Å². The molecule has 0 aromatic heterocycles. The van der Waals surface area contributed by atoms with Crippen LogP contribution < -0.4 is 15.5 Å². The number of anilines is 1. The molecule has 1 aliphatic heterocycles. The summed E-state index contributed by atoms with van der Waals surface area (Å²) in [6.07, 6.45) is 4.00. The van der Waals surface area contributed by atoms with Crippen molar-refractivity contribution in [2.75, 3.05) is 44.2 Å². The van der Waals surface area contributed by atoms with Gasteiger partial charge in [0.2, 0.25) is 0 Å². The van der Waals surface area contributed by atoms with Crippen molar-refractivity contribution in [3.8, 4) is 0 Å². The zero-order chi connectivity index (χ0) is 16.6. The second kappa shape index (κ2) is 14.6. The van der Waals surface area contributed by atoms with E-state index in [1.165, 1.54) is 11.3 Å². The fourth-order valence-corrected chi connectivity index (χ4v) is 2.07. The molecule has 0 spiro atoms. The molecule has 22 heavy (non-hydrogen) atoms. The third-order valence-electron chi connectivity index (χ3n) is 3.41. The lowest BCUT2D eigenvalue weighted by molar-refractivity contribution is 0.588. The van der Waals surface area contributed by atoms with Crippen molar-refractivity contribution in [2.24, 2.45) is 0 Å². The molecule has 0 atom stereocenters. The van der Waals surface area contributed by atoms with Crippen molar-refractivity contribution in [2.45, 2.75) is 34.6 Å². The highest BCUT2D eigenvalue weighted by Gasteiger charge is 2.10. The molecular formula is C19H35N3. The SMILES string of the molecule is C/C=C\C.CCNCC.Cc1ccccc1N1CCNCC1. The van der Waals surface area contributed by atoms with Crippen LogP contribution in [-0.2, 0) is 0 Å². The summed E-state index contributed by atoms with van der Waals surface area (Å²) in [5, 5.41) is 6.47. The minimum atomic E-state index is 1.09. The molecule has 1 saturated heterocycles. The highest BCUT2D eigenvalue weighted by Crippen LogP contribution is 2.19. The van der Waals surface area contributed by atoms with Gasteiger partial charge in [-0.15, -0.1) is 0 Å². The van der Waals surface area contributed by atoms with E-state index in [1.54, 1.807) is 0 Å². The van der Waals surface area contributed by atoms with Gasteiger partial charge in [0.15, 0.2) is 0 Å². The Kier molecular flexibility index (Phi) is 13.7. The zero-order valence-electron chi connectivity index (χ0n) is 15.2. The first-order valence-corrected chi connectivity index (χ1v) is 8.50. The number of allylic oxidation sites excluding steroid dienone is 2. The van der Waals surface area contributed by atoms with E-state index in [0.29, 0.717) is 0 Å². The van der Waals surface area contributed by atoms with Crippen molar-refractivity contribution < 1.29 is 0 Å². The Morgan fingerprint density at radius 3 is 2.00 bits per heavy atom. The molecule has 2 N–H and O–H groups in total. The van der Waals surface area contributed by atoms with Crippen LogP contribution in [0, 0.1) is 6.92 Å². The Morgan fingerprint density at radius 1 is 1.05 bits per heavy atom. The normalized spacial score (nSPS) is 14.0. The van der Waals surface area contributed by atoms with Gasteiger partial charge in [0, 0.05) is 31.9 Å². The second-order valence-corrected chi connectivity index (χ2v) is 5.15. The fraction of sp³-hybridized carbons (Fsp3) is 0.579. The van der Waals surface area contributed by atoms with E-state index >= 15 is 0 Å². The van der Waals surface area contributed by atoms with Gasteiger partial charge in [0.05, 0.1) is 0 Å². The molecule has 0 radical (unpaired) electrons. The summed E-state index contributed by atoms with van der Waals surface area (Å²) in [6, 6.07) is 8.60. The molecule has 1 fully saturated rings. The molecule has 3 nitrogen and oxygen atoms in total. The number of benzene rings is 1. The van der Waals surface area contributed by atoms with Crippen LogP contribution >= 0.6 is 0 Å². The lowest BCUT2D eigenvalue weighted by Gasteiger charge is -2.30. The van der Waals surface area contributed by atoms with Gasteiger partial charge < -0.3 is 15.5 Å². The molecule has 0 aliphatic carbocycles. The van der Waals surface area contributed by atoms with Crippen molar-refractivity contribution in [1.29, 1.82) is 0 Å². The Bertz CT molecular complexity index is 376. The van der Waals surface area contributed by atoms with Crippen LogP contribution in [0.5, 0.6) is 0 Å². The van der Waals surface area contributed by atoms with Gasteiger partial charge >= 0.3 is 0 Å². The monoisotopic (exact) mass is 305 g/mol. The molecule has 2 rings (SSSR count). The largest absolute Gasteiger partial charge is 0.369 e. The number of para-hydroxylation sites is 1. The quantitative estimate of drug-likeness (QED) is 0.836. The summed E-state index contributed by atoms with van der Waals surface area (Å²) in [7, 11) is 0. The molecule has 1 aliphatic rings. The van der Waals surface area contributed by atoms with Crippen molar-refractivity contribution in [3.63, 3.8) is 0 Å². The minimum absolute atomic E-state index is 1.09. The average molecular weight is 306 g/mol. The topological polar surface area (TPSA) is 27.3 Å².